The first-order valence-corrected chi connectivity index (χ1v) is 11.8. The van der Waals surface area contributed by atoms with Crippen LogP contribution >= 0.6 is 22.9 Å². The molecular weight excluding hydrogens is 466 g/mol. The summed E-state index contributed by atoms with van der Waals surface area (Å²) in [6.45, 7) is 3.13. The molecule has 0 unspecified atom stereocenters. The summed E-state index contributed by atoms with van der Waals surface area (Å²) >= 11 is 2.26. The first kappa shape index (κ1) is 21.5. The monoisotopic (exact) mass is 484 g/mol. The van der Waals surface area contributed by atoms with Crippen LogP contribution in [0.4, 0.5) is 19.5 Å². The molecule has 33 heavy (non-hydrogen) atoms. The van der Waals surface area contributed by atoms with Crippen LogP contribution in [0, 0.1) is 18.6 Å². The van der Waals surface area contributed by atoms with Gasteiger partial charge in [-0.15, -0.1) is 11.3 Å². The summed E-state index contributed by atoms with van der Waals surface area (Å²) in [4.78, 5) is 19.1. The van der Waals surface area contributed by atoms with Crippen molar-refractivity contribution in [3.63, 3.8) is 0 Å². The van der Waals surface area contributed by atoms with Crippen LogP contribution in [0.5, 0.6) is 5.75 Å². The highest BCUT2D eigenvalue weighted by atomic mass is 32.1. The van der Waals surface area contributed by atoms with Gasteiger partial charge in [0.05, 0.1) is 17.4 Å². The highest BCUT2D eigenvalue weighted by molar-refractivity contribution is 7.13. The minimum Gasteiger partial charge on any atom is -0.507 e. The number of hydrogen-bond acceptors (Lipinski definition) is 7. The smallest absolute Gasteiger partial charge is 0.275 e. The van der Waals surface area contributed by atoms with E-state index in [-0.39, 0.29) is 16.3 Å². The fourth-order valence-electron chi connectivity index (χ4n) is 3.86. The Bertz CT molecular complexity index is 1350. The lowest BCUT2D eigenvalue weighted by Gasteiger charge is -2.30. The van der Waals surface area contributed by atoms with Crippen LogP contribution in [0.1, 0.15) is 27.2 Å². The van der Waals surface area contributed by atoms with Gasteiger partial charge >= 0.3 is 0 Å². The third-order valence-corrected chi connectivity index (χ3v) is 7.30. The first-order valence-electron chi connectivity index (χ1n) is 10.1. The Labute approximate surface area is 196 Å². The Morgan fingerprint density at radius 1 is 1.21 bits per heavy atom. The molecule has 3 heterocycles. The van der Waals surface area contributed by atoms with Gasteiger partial charge in [0.15, 0.2) is 0 Å². The second-order valence-electron chi connectivity index (χ2n) is 7.67. The number of aromatic nitrogens is 2. The van der Waals surface area contributed by atoms with Crippen molar-refractivity contribution < 1.29 is 18.7 Å². The second-order valence-corrected chi connectivity index (χ2v) is 9.31. The minimum absolute atomic E-state index is 0.0687. The standard InChI is InChI=1S/C23H18F2N4O2S2/c1-12-5-6-13-10-29(8-7-14(13)20(12)30)23-17(9-26-33-23)27-21(31)18-11-32-22(28-18)19-15(24)3-2-4-16(19)25/h2-6,9,11,30H,7-8,10H2,1H3,(H,27,31). The van der Waals surface area contributed by atoms with Crippen molar-refractivity contribution in [2.24, 2.45) is 0 Å². The Kier molecular flexibility index (Phi) is 5.55. The molecule has 5 rings (SSSR count). The maximum absolute atomic E-state index is 14.1. The fourth-order valence-corrected chi connectivity index (χ4v) is 5.43. The molecule has 0 radical (unpaired) electrons. The van der Waals surface area contributed by atoms with E-state index < -0.39 is 17.5 Å². The van der Waals surface area contributed by atoms with Gasteiger partial charge in [0.2, 0.25) is 0 Å². The molecule has 0 atom stereocenters. The van der Waals surface area contributed by atoms with Gasteiger partial charge in [-0.2, -0.15) is 4.37 Å². The summed E-state index contributed by atoms with van der Waals surface area (Å²) < 4.78 is 32.3. The van der Waals surface area contributed by atoms with E-state index in [0.717, 1.165) is 45.2 Å². The van der Waals surface area contributed by atoms with Crippen LogP contribution in [-0.4, -0.2) is 26.9 Å². The number of carbonyl (C=O) groups is 1. The van der Waals surface area contributed by atoms with Gasteiger partial charge in [-0.25, -0.2) is 13.8 Å². The van der Waals surface area contributed by atoms with Crippen LogP contribution < -0.4 is 10.2 Å². The lowest BCUT2D eigenvalue weighted by molar-refractivity contribution is 0.102. The summed E-state index contributed by atoms with van der Waals surface area (Å²) in [6, 6.07) is 7.49. The topological polar surface area (TPSA) is 78.4 Å². The van der Waals surface area contributed by atoms with Gasteiger partial charge in [-0.1, -0.05) is 18.2 Å². The van der Waals surface area contributed by atoms with E-state index in [2.05, 4.69) is 19.6 Å². The quantitative estimate of drug-likeness (QED) is 0.407. The Morgan fingerprint density at radius 3 is 2.79 bits per heavy atom. The zero-order valence-corrected chi connectivity index (χ0v) is 19.1. The van der Waals surface area contributed by atoms with Crippen molar-refractivity contribution in [3.8, 4) is 16.3 Å². The van der Waals surface area contributed by atoms with Crippen LogP contribution in [0.25, 0.3) is 10.6 Å². The molecule has 1 amide bonds. The number of benzene rings is 2. The number of carbonyl (C=O) groups excluding carboxylic acids is 1. The van der Waals surface area contributed by atoms with Gasteiger partial charge in [0, 0.05) is 24.0 Å². The molecule has 1 aliphatic rings. The number of nitrogens with zero attached hydrogens (tertiary/aromatic N) is 3. The number of phenolic OH excluding ortho intramolecular Hbond substituents is 1. The lowest BCUT2D eigenvalue weighted by Crippen LogP contribution is -2.30. The van der Waals surface area contributed by atoms with Crippen molar-refractivity contribution in [3.05, 3.63) is 75.9 Å². The molecule has 4 aromatic rings. The normalized spacial score (nSPS) is 13.1. The largest absolute Gasteiger partial charge is 0.507 e. The number of nitrogens with one attached hydrogen (secondary N) is 1. The molecule has 0 bridgehead atoms. The minimum atomic E-state index is -0.729. The first-order chi connectivity index (χ1) is 15.9. The van der Waals surface area contributed by atoms with Gasteiger partial charge in [0.1, 0.15) is 33.1 Å². The maximum atomic E-state index is 14.1. The van der Waals surface area contributed by atoms with Gasteiger partial charge in [-0.3, -0.25) is 4.79 Å². The van der Waals surface area contributed by atoms with Crippen LogP contribution in [-0.2, 0) is 13.0 Å². The van der Waals surface area contributed by atoms with E-state index in [9.17, 15) is 18.7 Å². The molecule has 0 spiro atoms. The van der Waals surface area contributed by atoms with E-state index in [4.69, 9.17) is 0 Å². The molecule has 0 aliphatic carbocycles. The highest BCUT2D eigenvalue weighted by Gasteiger charge is 2.25. The van der Waals surface area contributed by atoms with Gasteiger partial charge in [0.25, 0.3) is 5.91 Å². The van der Waals surface area contributed by atoms with E-state index in [1.165, 1.54) is 23.0 Å². The van der Waals surface area contributed by atoms with Crippen LogP contribution in [0.3, 0.4) is 0 Å². The Hall–Kier alpha value is -3.37. The third kappa shape index (κ3) is 3.96. The summed E-state index contributed by atoms with van der Waals surface area (Å²) in [5, 5.41) is 15.5. The average Bonchev–Trinajstić information content (AvgIpc) is 3.46. The SMILES string of the molecule is Cc1ccc2c(c1O)CCN(c1sncc1NC(=O)c1csc(-c3c(F)cccc3F)n1)C2. The Morgan fingerprint density at radius 2 is 2.00 bits per heavy atom. The molecule has 6 nitrogen and oxygen atoms in total. The number of hydrogen-bond donors (Lipinski definition) is 2. The molecule has 2 aromatic heterocycles. The molecule has 0 fully saturated rings. The zero-order chi connectivity index (χ0) is 23.1. The number of aromatic hydroxyl groups is 1. The molecule has 0 saturated heterocycles. The van der Waals surface area contributed by atoms with E-state index in [0.29, 0.717) is 30.9 Å². The van der Waals surface area contributed by atoms with Crippen molar-refractivity contribution >= 4 is 39.5 Å². The van der Waals surface area contributed by atoms with E-state index in [1.54, 1.807) is 6.20 Å². The van der Waals surface area contributed by atoms with Crippen molar-refractivity contribution in [2.45, 2.75) is 19.9 Å². The summed E-state index contributed by atoms with van der Waals surface area (Å²) in [5.41, 5.74) is 3.20. The van der Waals surface area contributed by atoms with Crippen molar-refractivity contribution in [1.82, 2.24) is 9.36 Å². The average molecular weight is 485 g/mol. The molecule has 1 aliphatic heterocycles. The molecule has 2 aromatic carbocycles. The Balaban J connectivity index is 1.35. The maximum Gasteiger partial charge on any atom is 0.275 e. The highest BCUT2D eigenvalue weighted by Crippen LogP contribution is 2.37. The molecule has 2 N–H and O–H groups in total. The number of fused-ring (bicyclic) bond motifs is 1. The summed E-state index contributed by atoms with van der Waals surface area (Å²) in [6.07, 6.45) is 2.25. The second kappa shape index (κ2) is 8.53. The van der Waals surface area contributed by atoms with E-state index >= 15 is 0 Å². The zero-order valence-electron chi connectivity index (χ0n) is 17.4. The number of phenols is 1. The summed E-state index contributed by atoms with van der Waals surface area (Å²) in [7, 11) is 0. The van der Waals surface area contributed by atoms with E-state index in [1.807, 2.05) is 19.1 Å². The summed E-state index contributed by atoms with van der Waals surface area (Å²) in [5.74, 6) is -1.60. The molecular formula is C23H18F2N4O2S2. The number of anilines is 2. The molecule has 168 valence electrons. The number of amides is 1. The molecule has 10 heteroatoms. The lowest BCUT2D eigenvalue weighted by atomic mass is 9.96. The van der Waals surface area contributed by atoms with Crippen molar-refractivity contribution in [2.75, 3.05) is 16.8 Å². The predicted octanol–water partition coefficient (Wildman–Crippen LogP) is 5.37. The fraction of sp³-hybridized carbons (Fsp3) is 0.174. The molecule has 0 saturated carbocycles. The number of aryl methyl sites for hydroxylation is 1. The predicted molar refractivity (Wildman–Crippen MR) is 125 cm³/mol. The number of halogens is 2. The van der Waals surface area contributed by atoms with Crippen LogP contribution in [0.15, 0.2) is 41.9 Å². The van der Waals surface area contributed by atoms with Gasteiger partial charge < -0.3 is 15.3 Å². The van der Waals surface area contributed by atoms with Crippen molar-refractivity contribution in [1.29, 1.82) is 0 Å². The van der Waals surface area contributed by atoms with Gasteiger partial charge in [-0.05, 0) is 48.1 Å². The van der Waals surface area contributed by atoms with Crippen LogP contribution in [0.2, 0.25) is 0 Å². The number of rotatable bonds is 4. The number of thiazole rings is 1. The third-order valence-electron chi connectivity index (χ3n) is 5.57.